The zero-order valence-corrected chi connectivity index (χ0v) is 15.9. The van der Waals surface area contributed by atoms with Crippen LogP contribution in [0.4, 0.5) is 10.5 Å². The fraction of sp³-hybridized carbons (Fsp3) is 0.333. The van der Waals surface area contributed by atoms with Crippen molar-refractivity contribution in [1.29, 1.82) is 0 Å². The van der Waals surface area contributed by atoms with E-state index in [9.17, 15) is 9.59 Å². The highest BCUT2D eigenvalue weighted by Crippen LogP contribution is 2.24. The van der Waals surface area contributed by atoms with Crippen molar-refractivity contribution in [2.75, 3.05) is 18.6 Å². The normalized spacial score (nSPS) is 16.3. The van der Waals surface area contributed by atoms with Crippen LogP contribution < -0.4 is 20.3 Å². The van der Waals surface area contributed by atoms with Crippen LogP contribution in [0.3, 0.4) is 0 Å². The molecule has 3 amide bonds. The Labute approximate surface area is 159 Å². The molecule has 0 aliphatic carbocycles. The number of urea groups is 1. The van der Waals surface area contributed by atoms with Crippen LogP contribution in [0, 0.1) is 13.8 Å². The molecule has 1 heterocycles. The molecule has 2 aromatic rings. The van der Waals surface area contributed by atoms with Crippen LogP contribution in [-0.2, 0) is 11.3 Å². The first-order chi connectivity index (χ1) is 13.0. The van der Waals surface area contributed by atoms with E-state index in [0.717, 1.165) is 22.6 Å². The number of amides is 3. The topological polar surface area (TPSA) is 70.7 Å². The second-order valence-corrected chi connectivity index (χ2v) is 6.78. The molecule has 2 N–H and O–H groups in total. The molecular formula is C21H25N3O3. The van der Waals surface area contributed by atoms with E-state index in [1.807, 2.05) is 56.3 Å². The Morgan fingerprint density at radius 1 is 1.19 bits per heavy atom. The number of hydrogen-bond donors (Lipinski definition) is 2. The molecule has 1 aliphatic rings. The summed E-state index contributed by atoms with van der Waals surface area (Å²) in [6, 6.07) is 12.6. The van der Waals surface area contributed by atoms with E-state index in [4.69, 9.17) is 4.74 Å². The van der Waals surface area contributed by atoms with Gasteiger partial charge in [-0.2, -0.15) is 0 Å². The molecule has 0 aromatic heterocycles. The van der Waals surface area contributed by atoms with Crippen molar-refractivity contribution in [2.24, 2.45) is 0 Å². The first-order valence-corrected chi connectivity index (χ1v) is 9.04. The quantitative estimate of drug-likeness (QED) is 0.854. The van der Waals surface area contributed by atoms with E-state index < -0.39 is 6.04 Å². The third-order valence-corrected chi connectivity index (χ3v) is 4.90. The van der Waals surface area contributed by atoms with Gasteiger partial charge in [0, 0.05) is 18.8 Å². The summed E-state index contributed by atoms with van der Waals surface area (Å²) in [6.45, 7) is 5.04. The van der Waals surface area contributed by atoms with Crippen LogP contribution in [0.2, 0.25) is 0 Å². The Kier molecular flexibility index (Phi) is 5.64. The van der Waals surface area contributed by atoms with Crippen LogP contribution in [0.5, 0.6) is 5.75 Å². The van der Waals surface area contributed by atoms with Gasteiger partial charge >= 0.3 is 6.03 Å². The maximum Gasteiger partial charge on any atom is 0.315 e. The molecule has 0 bridgehead atoms. The highest BCUT2D eigenvalue weighted by molar-refractivity contribution is 6.01. The van der Waals surface area contributed by atoms with Gasteiger partial charge in [0.1, 0.15) is 11.8 Å². The Hall–Kier alpha value is -3.02. The molecule has 1 saturated heterocycles. The largest absolute Gasteiger partial charge is 0.497 e. The van der Waals surface area contributed by atoms with Gasteiger partial charge in [-0.3, -0.25) is 4.79 Å². The number of ether oxygens (including phenoxy) is 1. The van der Waals surface area contributed by atoms with Crippen LogP contribution in [0.25, 0.3) is 0 Å². The maximum absolute atomic E-state index is 12.7. The molecule has 1 atom stereocenters. The van der Waals surface area contributed by atoms with E-state index in [-0.39, 0.29) is 11.9 Å². The van der Waals surface area contributed by atoms with E-state index in [2.05, 4.69) is 10.6 Å². The lowest BCUT2D eigenvalue weighted by Crippen LogP contribution is -2.45. The summed E-state index contributed by atoms with van der Waals surface area (Å²) in [5, 5.41) is 5.57. The molecule has 2 aromatic carbocycles. The van der Waals surface area contributed by atoms with Crippen molar-refractivity contribution in [3.8, 4) is 5.75 Å². The van der Waals surface area contributed by atoms with Crippen LogP contribution >= 0.6 is 0 Å². The summed E-state index contributed by atoms with van der Waals surface area (Å²) in [5.74, 6) is 0.666. The number of carbonyl (C=O) groups excluding carboxylic acids is 2. The Morgan fingerprint density at radius 2 is 2.00 bits per heavy atom. The lowest BCUT2D eigenvalue weighted by molar-refractivity contribution is -0.118. The number of carbonyl (C=O) groups is 2. The summed E-state index contributed by atoms with van der Waals surface area (Å²) in [4.78, 5) is 26.6. The first-order valence-electron chi connectivity index (χ1n) is 9.04. The zero-order chi connectivity index (χ0) is 19.4. The summed E-state index contributed by atoms with van der Waals surface area (Å²) in [5.41, 5.74) is 4.15. The van der Waals surface area contributed by atoms with Crippen molar-refractivity contribution in [3.63, 3.8) is 0 Å². The fourth-order valence-corrected chi connectivity index (χ4v) is 3.14. The number of methoxy groups -OCH3 is 1. The third-order valence-electron chi connectivity index (χ3n) is 4.90. The average Bonchev–Trinajstić information content (AvgIpc) is 3.03. The number of benzene rings is 2. The lowest BCUT2D eigenvalue weighted by atomic mass is 10.1. The number of aryl methyl sites for hydroxylation is 2. The predicted octanol–water partition coefficient (Wildman–Crippen LogP) is 2.92. The number of nitrogens with zero attached hydrogens (tertiary/aromatic N) is 1. The highest BCUT2D eigenvalue weighted by Gasteiger charge is 2.33. The maximum atomic E-state index is 12.7. The van der Waals surface area contributed by atoms with Crippen molar-refractivity contribution >= 4 is 17.6 Å². The van der Waals surface area contributed by atoms with Gasteiger partial charge in [-0.05, 0) is 61.2 Å². The van der Waals surface area contributed by atoms with Gasteiger partial charge in [-0.25, -0.2) is 4.79 Å². The molecule has 1 aliphatic heterocycles. The van der Waals surface area contributed by atoms with Crippen LogP contribution in [0.1, 0.15) is 23.1 Å². The summed E-state index contributed by atoms with van der Waals surface area (Å²) >= 11 is 0. The SMILES string of the molecule is COc1cccc(CNC(=O)N[C@H]2CCN(c3ccc(C)c(C)c3)C2=O)c1. The first kappa shape index (κ1) is 18.8. The molecular weight excluding hydrogens is 342 g/mol. The van der Waals surface area contributed by atoms with Crippen LogP contribution in [0.15, 0.2) is 42.5 Å². The molecule has 0 spiro atoms. The molecule has 0 saturated carbocycles. The molecule has 142 valence electrons. The molecule has 27 heavy (non-hydrogen) atoms. The number of hydrogen-bond acceptors (Lipinski definition) is 3. The van der Waals surface area contributed by atoms with Gasteiger partial charge < -0.3 is 20.3 Å². The van der Waals surface area contributed by atoms with Crippen LogP contribution in [-0.4, -0.2) is 31.6 Å². The smallest absolute Gasteiger partial charge is 0.315 e. The summed E-state index contributed by atoms with van der Waals surface area (Å²) in [6.07, 6.45) is 0.596. The molecule has 0 unspecified atom stereocenters. The second-order valence-electron chi connectivity index (χ2n) is 6.78. The van der Waals surface area contributed by atoms with E-state index in [0.29, 0.717) is 19.5 Å². The number of nitrogens with one attached hydrogen (secondary N) is 2. The predicted molar refractivity (Wildman–Crippen MR) is 105 cm³/mol. The monoisotopic (exact) mass is 367 g/mol. The Morgan fingerprint density at radius 3 is 2.74 bits per heavy atom. The molecule has 3 rings (SSSR count). The summed E-state index contributed by atoms with van der Waals surface area (Å²) < 4.78 is 5.17. The zero-order valence-electron chi connectivity index (χ0n) is 15.9. The van der Waals surface area contributed by atoms with Gasteiger partial charge in [0.05, 0.1) is 7.11 Å². The Balaban J connectivity index is 1.55. The minimum absolute atomic E-state index is 0.0743. The van der Waals surface area contributed by atoms with Crippen molar-refractivity contribution in [1.82, 2.24) is 10.6 Å². The van der Waals surface area contributed by atoms with Crippen molar-refractivity contribution in [3.05, 3.63) is 59.2 Å². The fourth-order valence-electron chi connectivity index (χ4n) is 3.14. The highest BCUT2D eigenvalue weighted by atomic mass is 16.5. The minimum atomic E-state index is -0.503. The number of anilines is 1. The Bertz CT molecular complexity index is 850. The van der Waals surface area contributed by atoms with E-state index in [1.165, 1.54) is 5.56 Å². The van der Waals surface area contributed by atoms with Gasteiger partial charge in [0.25, 0.3) is 0 Å². The second kappa shape index (κ2) is 8.12. The van der Waals surface area contributed by atoms with Gasteiger partial charge in [-0.1, -0.05) is 18.2 Å². The van der Waals surface area contributed by atoms with E-state index in [1.54, 1.807) is 12.0 Å². The van der Waals surface area contributed by atoms with Crippen molar-refractivity contribution in [2.45, 2.75) is 32.9 Å². The minimum Gasteiger partial charge on any atom is -0.497 e. The summed E-state index contributed by atoms with van der Waals surface area (Å²) in [7, 11) is 1.60. The third kappa shape index (κ3) is 4.39. The molecule has 6 heteroatoms. The van der Waals surface area contributed by atoms with Crippen molar-refractivity contribution < 1.29 is 14.3 Å². The van der Waals surface area contributed by atoms with Gasteiger partial charge in [0.2, 0.25) is 5.91 Å². The number of rotatable bonds is 5. The van der Waals surface area contributed by atoms with Gasteiger partial charge in [0.15, 0.2) is 0 Å². The molecule has 0 radical (unpaired) electrons. The standard InChI is InChI=1S/C21H25N3O3/c1-14-7-8-17(11-15(14)2)24-10-9-19(20(24)25)23-21(26)22-13-16-5-4-6-18(12-16)27-3/h4-8,11-12,19H,9-10,13H2,1-3H3,(H2,22,23,26)/t19-/m0/s1. The lowest BCUT2D eigenvalue weighted by Gasteiger charge is -2.18. The molecule has 6 nitrogen and oxygen atoms in total. The molecule has 1 fully saturated rings. The van der Waals surface area contributed by atoms with E-state index >= 15 is 0 Å². The average molecular weight is 367 g/mol. The van der Waals surface area contributed by atoms with Gasteiger partial charge in [-0.15, -0.1) is 0 Å².